The van der Waals surface area contributed by atoms with Gasteiger partial charge in [0.1, 0.15) is 12.3 Å². The Morgan fingerprint density at radius 2 is 1.92 bits per heavy atom. The molecule has 7 nitrogen and oxygen atoms in total. The van der Waals surface area contributed by atoms with Gasteiger partial charge in [-0.25, -0.2) is 4.99 Å². The normalized spacial score (nSPS) is 11.2. The zero-order valence-electron chi connectivity index (χ0n) is 15.9. The van der Waals surface area contributed by atoms with Gasteiger partial charge in [0.2, 0.25) is 5.91 Å². The highest BCUT2D eigenvalue weighted by atomic mass is 16.5. The van der Waals surface area contributed by atoms with E-state index in [1.807, 2.05) is 13.0 Å². The molecule has 0 atom stereocenters. The van der Waals surface area contributed by atoms with Gasteiger partial charge in [-0.1, -0.05) is 12.1 Å². The second kappa shape index (κ2) is 11.3. The number of rotatable bonds is 9. The maximum absolute atomic E-state index is 11.7. The van der Waals surface area contributed by atoms with Gasteiger partial charge in [0.15, 0.2) is 5.96 Å². The van der Waals surface area contributed by atoms with Crippen LogP contribution >= 0.6 is 0 Å². The Morgan fingerprint density at radius 1 is 1.20 bits per heavy atom. The van der Waals surface area contributed by atoms with Gasteiger partial charge < -0.3 is 25.0 Å². The SMILES string of the molecule is COCCNC(=NCC(=O)N(C)C)NCCc1ccc(C)c(OC)c1. The first kappa shape index (κ1) is 20.8. The molecular formula is C18H30N4O3. The summed E-state index contributed by atoms with van der Waals surface area (Å²) in [5.41, 5.74) is 2.29. The third-order valence-electron chi connectivity index (χ3n) is 3.65. The summed E-state index contributed by atoms with van der Waals surface area (Å²) in [6.07, 6.45) is 0.823. The van der Waals surface area contributed by atoms with Gasteiger partial charge in [-0.05, 0) is 30.5 Å². The summed E-state index contributed by atoms with van der Waals surface area (Å²) in [7, 11) is 6.76. The van der Waals surface area contributed by atoms with Crippen LogP contribution in [0.4, 0.5) is 0 Å². The van der Waals surface area contributed by atoms with Gasteiger partial charge >= 0.3 is 0 Å². The standard InChI is InChI=1S/C18H30N4O3/c1-14-6-7-15(12-16(14)25-5)8-9-19-18(20-10-11-24-4)21-13-17(23)22(2)3/h6-7,12H,8-11,13H2,1-5H3,(H2,19,20,21). The van der Waals surface area contributed by atoms with Gasteiger partial charge in [-0.15, -0.1) is 0 Å². The first-order valence-corrected chi connectivity index (χ1v) is 8.32. The Hall–Kier alpha value is -2.28. The molecule has 0 fully saturated rings. The molecule has 140 valence electrons. The Bertz CT molecular complexity index is 573. The Labute approximate surface area is 150 Å². The monoisotopic (exact) mass is 350 g/mol. The number of guanidine groups is 1. The van der Waals surface area contributed by atoms with Crippen molar-refractivity contribution in [3.63, 3.8) is 0 Å². The minimum Gasteiger partial charge on any atom is -0.496 e. The Morgan fingerprint density at radius 3 is 2.56 bits per heavy atom. The van der Waals surface area contributed by atoms with Crippen molar-refractivity contribution in [3.8, 4) is 5.75 Å². The van der Waals surface area contributed by atoms with E-state index in [4.69, 9.17) is 9.47 Å². The lowest BCUT2D eigenvalue weighted by atomic mass is 10.1. The van der Waals surface area contributed by atoms with Crippen molar-refractivity contribution in [1.82, 2.24) is 15.5 Å². The van der Waals surface area contributed by atoms with Crippen LogP contribution in [0.1, 0.15) is 11.1 Å². The van der Waals surface area contributed by atoms with E-state index in [9.17, 15) is 4.79 Å². The maximum atomic E-state index is 11.7. The molecule has 0 bridgehead atoms. The van der Waals surface area contributed by atoms with E-state index in [1.54, 1.807) is 28.3 Å². The fraction of sp³-hybridized carbons (Fsp3) is 0.556. The molecule has 0 aliphatic carbocycles. The number of benzene rings is 1. The minimum absolute atomic E-state index is 0.0453. The summed E-state index contributed by atoms with van der Waals surface area (Å²) >= 11 is 0. The first-order valence-electron chi connectivity index (χ1n) is 8.32. The number of likely N-dealkylation sites (N-methyl/N-ethyl adjacent to an activating group) is 1. The molecular weight excluding hydrogens is 320 g/mol. The van der Waals surface area contributed by atoms with Crippen LogP contribution in [-0.2, 0) is 16.0 Å². The smallest absolute Gasteiger partial charge is 0.243 e. The fourth-order valence-electron chi connectivity index (χ4n) is 2.08. The summed E-state index contributed by atoms with van der Waals surface area (Å²) in [6, 6.07) is 6.18. The number of aliphatic imine (C=N–C) groups is 1. The molecule has 0 aliphatic heterocycles. The molecule has 7 heteroatoms. The summed E-state index contributed by atoms with van der Waals surface area (Å²) in [5.74, 6) is 1.45. The molecule has 1 aromatic carbocycles. The van der Waals surface area contributed by atoms with Gasteiger partial charge in [-0.3, -0.25) is 4.79 Å². The molecule has 25 heavy (non-hydrogen) atoms. The van der Waals surface area contributed by atoms with Crippen molar-refractivity contribution in [2.75, 3.05) is 54.6 Å². The summed E-state index contributed by atoms with van der Waals surface area (Å²) in [5, 5.41) is 6.40. The maximum Gasteiger partial charge on any atom is 0.243 e. The third kappa shape index (κ3) is 7.89. The second-order valence-corrected chi connectivity index (χ2v) is 5.85. The molecule has 2 N–H and O–H groups in total. The molecule has 0 unspecified atom stereocenters. The molecule has 0 aromatic heterocycles. The zero-order valence-corrected chi connectivity index (χ0v) is 15.9. The van der Waals surface area contributed by atoms with E-state index in [1.165, 1.54) is 10.5 Å². The van der Waals surface area contributed by atoms with Crippen molar-refractivity contribution >= 4 is 11.9 Å². The van der Waals surface area contributed by atoms with E-state index in [0.717, 1.165) is 17.7 Å². The van der Waals surface area contributed by atoms with Crippen LogP contribution < -0.4 is 15.4 Å². The molecule has 0 radical (unpaired) electrons. The van der Waals surface area contributed by atoms with E-state index >= 15 is 0 Å². The molecule has 0 heterocycles. The number of carbonyl (C=O) groups is 1. The van der Waals surface area contributed by atoms with Crippen molar-refractivity contribution in [3.05, 3.63) is 29.3 Å². The molecule has 0 saturated heterocycles. The topological polar surface area (TPSA) is 75.2 Å². The largest absolute Gasteiger partial charge is 0.496 e. The third-order valence-corrected chi connectivity index (χ3v) is 3.65. The molecule has 0 aliphatic rings. The van der Waals surface area contributed by atoms with Crippen LogP contribution in [0, 0.1) is 6.92 Å². The van der Waals surface area contributed by atoms with E-state index in [-0.39, 0.29) is 12.5 Å². The van der Waals surface area contributed by atoms with Gasteiger partial charge in [-0.2, -0.15) is 0 Å². The van der Waals surface area contributed by atoms with Crippen molar-refractivity contribution in [2.24, 2.45) is 4.99 Å². The van der Waals surface area contributed by atoms with Crippen LogP contribution in [-0.4, -0.2) is 71.3 Å². The highest BCUT2D eigenvalue weighted by molar-refractivity contribution is 5.84. The molecule has 0 saturated carbocycles. The molecule has 1 aromatic rings. The average molecular weight is 350 g/mol. The number of nitrogens with one attached hydrogen (secondary N) is 2. The molecule has 1 rings (SSSR count). The lowest BCUT2D eigenvalue weighted by Gasteiger charge is -2.14. The van der Waals surface area contributed by atoms with Crippen LogP contribution in [0.3, 0.4) is 0 Å². The van der Waals surface area contributed by atoms with E-state index in [0.29, 0.717) is 25.7 Å². The lowest BCUT2D eigenvalue weighted by molar-refractivity contribution is -0.127. The number of ether oxygens (including phenoxy) is 2. The van der Waals surface area contributed by atoms with Crippen LogP contribution in [0.5, 0.6) is 5.75 Å². The number of hydrogen-bond donors (Lipinski definition) is 2. The van der Waals surface area contributed by atoms with E-state index in [2.05, 4.69) is 27.8 Å². The Balaban J connectivity index is 2.58. The van der Waals surface area contributed by atoms with Crippen molar-refractivity contribution in [2.45, 2.75) is 13.3 Å². The molecule has 0 spiro atoms. The van der Waals surface area contributed by atoms with Crippen molar-refractivity contribution < 1.29 is 14.3 Å². The zero-order chi connectivity index (χ0) is 18.7. The Kier molecular flexibility index (Phi) is 9.39. The lowest BCUT2D eigenvalue weighted by Crippen LogP contribution is -2.40. The predicted octanol–water partition coefficient (Wildman–Crippen LogP) is 0.816. The van der Waals surface area contributed by atoms with Crippen LogP contribution in [0.25, 0.3) is 0 Å². The number of aryl methyl sites for hydroxylation is 1. The summed E-state index contributed by atoms with van der Waals surface area (Å²) in [4.78, 5) is 17.5. The number of amides is 1. The predicted molar refractivity (Wildman–Crippen MR) is 100 cm³/mol. The van der Waals surface area contributed by atoms with Gasteiger partial charge in [0.05, 0.1) is 13.7 Å². The number of nitrogens with zero attached hydrogens (tertiary/aromatic N) is 2. The highest BCUT2D eigenvalue weighted by Gasteiger charge is 2.05. The summed E-state index contributed by atoms with van der Waals surface area (Å²) in [6.45, 7) is 4.01. The summed E-state index contributed by atoms with van der Waals surface area (Å²) < 4.78 is 10.4. The second-order valence-electron chi connectivity index (χ2n) is 5.85. The number of carbonyl (C=O) groups excluding carboxylic acids is 1. The highest BCUT2D eigenvalue weighted by Crippen LogP contribution is 2.18. The number of hydrogen-bond acceptors (Lipinski definition) is 4. The first-order chi connectivity index (χ1) is 12.0. The molecule has 1 amide bonds. The quantitative estimate of drug-likeness (QED) is 0.392. The number of methoxy groups -OCH3 is 2. The van der Waals surface area contributed by atoms with Gasteiger partial charge in [0.25, 0.3) is 0 Å². The minimum atomic E-state index is -0.0453. The van der Waals surface area contributed by atoms with Gasteiger partial charge in [0, 0.05) is 34.3 Å². The van der Waals surface area contributed by atoms with Crippen molar-refractivity contribution in [1.29, 1.82) is 0 Å². The van der Waals surface area contributed by atoms with Crippen LogP contribution in [0.15, 0.2) is 23.2 Å². The fourth-order valence-corrected chi connectivity index (χ4v) is 2.08. The van der Waals surface area contributed by atoms with E-state index < -0.39 is 0 Å². The van der Waals surface area contributed by atoms with Crippen LogP contribution in [0.2, 0.25) is 0 Å². The average Bonchev–Trinajstić information content (AvgIpc) is 2.60.